The molecule has 4 nitrogen and oxygen atoms in total. The summed E-state index contributed by atoms with van der Waals surface area (Å²) in [6.07, 6.45) is 9.10. The first-order valence-electron chi connectivity index (χ1n) is 13.9. The highest BCUT2D eigenvalue weighted by molar-refractivity contribution is 6.74. The maximum atomic E-state index is 10.1. The summed E-state index contributed by atoms with van der Waals surface area (Å²) >= 11 is 0. The van der Waals surface area contributed by atoms with Crippen molar-refractivity contribution in [2.24, 2.45) is 35.0 Å². The first-order valence-corrected chi connectivity index (χ1v) is 16.8. The van der Waals surface area contributed by atoms with E-state index in [2.05, 4.69) is 47.7 Å². The van der Waals surface area contributed by atoms with E-state index in [0.29, 0.717) is 36.4 Å². The van der Waals surface area contributed by atoms with E-state index in [-0.39, 0.29) is 10.5 Å². The standard InChI is InChI=1S/C29H52O4Si/c1-19-16-21-18-29(31-6,32-7)14-12-22(21)26-20(13-15-30)17-28(5)23(25(19)26)10-11-24(28)33-34(8,9)27(2,3)4/h19-20,23-26,30H,10-18H2,1-9H3/t19-,20+,23?,24+,25?,26?,28+/m1/s1. The second-order valence-corrected chi connectivity index (χ2v) is 18.7. The average Bonchev–Trinajstić information content (AvgIpc) is 3.07. The Morgan fingerprint density at radius 3 is 2.38 bits per heavy atom. The molecule has 4 rings (SSSR count). The van der Waals surface area contributed by atoms with Crippen molar-refractivity contribution in [3.05, 3.63) is 11.1 Å². The van der Waals surface area contributed by atoms with E-state index in [0.717, 1.165) is 31.6 Å². The Bertz CT molecular complexity index is 779. The average molecular weight is 493 g/mol. The van der Waals surface area contributed by atoms with Crippen LogP contribution in [0.15, 0.2) is 11.1 Å². The Morgan fingerprint density at radius 2 is 1.79 bits per heavy atom. The minimum Gasteiger partial charge on any atom is -0.413 e. The predicted molar refractivity (Wildman–Crippen MR) is 141 cm³/mol. The second-order valence-electron chi connectivity index (χ2n) is 13.9. The number of hydrogen-bond acceptors (Lipinski definition) is 4. The predicted octanol–water partition coefficient (Wildman–Crippen LogP) is 6.94. The van der Waals surface area contributed by atoms with Gasteiger partial charge in [-0.05, 0) is 91.7 Å². The van der Waals surface area contributed by atoms with Crippen LogP contribution in [-0.4, -0.2) is 46.1 Å². The highest BCUT2D eigenvalue weighted by atomic mass is 28.4. The molecule has 34 heavy (non-hydrogen) atoms. The van der Waals surface area contributed by atoms with E-state index in [1.807, 2.05) is 0 Å². The van der Waals surface area contributed by atoms with Crippen molar-refractivity contribution in [1.82, 2.24) is 0 Å². The Kier molecular flexibility index (Phi) is 7.32. The van der Waals surface area contributed by atoms with Gasteiger partial charge in [0.2, 0.25) is 0 Å². The van der Waals surface area contributed by atoms with Gasteiger partial charge in [0.05, 0.1) is 6.10 Å². The zero-order valence-corrected chi connectivity index (χ0v) is 24.5. The van der Waals surface area contributed by atoms with Gasteiger partial charge in [-0.3, -0.25) is 0 Å². The summed E-state index contributed by atoms with van der Waals surface area (Å²) in [5, 5.41) is 10.4. The number of hydrogen-bond donors (Lipinski definition) is 1. The minimum absolute atomic E-state index is 0.223. The molecule has 2 saturated carbocycles. The maximum absolute atomic E-state index is 10.1. The molecule has 1 N–H and O–H groups in total. The van der Waals surface area contributed by atoms with Crippen LogP contribution < -0.4 is 0 Å². The summed E-state index contributed by atoms with van der Waals surface area (Å²) in [6, 6.07) is 0. The zero-order chi connectivity index (χ0) is 25.1. The SMILES string of the molecule is COC1(OC)CCC2=C(C[C@@H](C)C3C2[C@@H](CCO)C[C@@]2(C)C3CC[C@@H]2O[Si](C)(C)C(C)(C)C)C1. The van der Waals surface area contributed by atoms with Crippen LogP contribution in [-0.2, 0) is 13.9 Å². The molecule has 0 aliphatic heterocycles. The second kappa shape index (κ2) is 9.27. The molecular formula is C29H52O4Si. The number of aliphatic hydroxyl groups excluding tert-OH is 1. The van der Waals surface area contributed by atoms with Crippen molar-refractivity contribution in [2.45, 2.75) is 116 Å². The Balaban J connectivity index is 1.68. The highest BCUT2D eigenvalue weighted by Gasteiger charge is 2.61. The first kappa shape index (κ1) is 26.8. The summed E-state index contributed by atoms with van der Waals surface area (Å²) in [7, 11) is 1.76. The zero-order valence-electron chi connectivity index (χ0n) is 23.5. The fourth-order valence-corrected chi connectivity index (χ4v) is 9.88. The van der Waals surface area contributed by atoms with Gasteiger partial charge in [-0.15, -0.1) is 0 Å². The molecule has 0 aromatic rings. The lowest BCUT2D eigenvalue weighted by molar-refractivity contribution is -0.214. The Morgan fingerprint density at radius 1 is 1.12 bits per heavy atom. The van der Waals surface area contributed by atoms with E-state index in [1.54, 1.807) is 25.4 Å². The monoisotopic (exact) mass is 492 g/mol. The third-order valence-corrected chi connectivity index (χ3v) is 15.7. The van der Waals surface area contributed by atoms with Crippen molar-refractivity contribution in [3.63, 3.8) is 0 Å². The fourth-order valence-electron chi connectivity index (χ4n) is 8.43. The summed E-state index contributed by atoms with van der Waals surface area (Å²) in [5.74, 6) is 2.80. The van der Waals surface area contributed by atoms with Crippen LogP contribution in [0.25, 0.3) is 0 Å². The normalized spacial score (nSPS) is 40.1. The van der Waals surface area contributed by atoms with Crippen LogP contribution in [0.2, 0.25) is 18.1 Å². The summed E-state index contributed by atoms with van der Waals surface area (Å²) in [4.78, 5) is 0. The van der Waals surface area contributed by atoms with Crippen molar-refractivity contribution < 1.29 is 19.0 Å². The van der Waals surface area contributed by atoms with Crippen LogP contribution in [0.5, 0.6) is 0 Å². The molecule has 0 amide bonds. The van der Waals surface area contributed by atoms with Gasteiger partial charge >= 0.3 is 0 Å². The fraction of sp³-hybridized carbons (Fsp3) is 0.931. The minimum atomic E-state index is -1.83. The number of methoxy groups -OCH3 is 2. The molecule has 0 spiro atoms. The number of allylic oxidation sites excluding steroid dienone is 1. The maximum Gasteiger partial charge on any atom is 0.192 e. The number of fused-ring (bicyclic) bond motifs is 4. The highest BCUT2D eigenvalue weighted by Crippen LogP contribution is 2.66. The third-order valence-electron chi connectivity index (χ3n) is 11.2. The number of ether oxygens (including phenoxy) is 2. The van der Waals surface area contributed by atoms with Gasteiger partial charge in [0, 0.05) is 33.7 Å². The molecular weight excluding hydrogens is 440 g/mol. The molecule has 0 radical (unpaired) electrons. The van der Waals surface area contributed by atoms with Gasteiger partial charge in [-0.1, -0.05) is 45.8 Å². The van der Waals surface area contributed by atoms with Crippen molar-refractivity contribution >= 4 is 8.32 Å². The molecule has 0 bridgehead atoms. The molecule has 0 aromatic heterocycles. The molecule has 3 unspecified atom stereocenters. The molecule has 4 aliphatic rings. The lowest BCUT2D eigenvalue weighted by atomic mass is 9.48. The quantitative estimate of drug-likeness (QED) is 0.248. The molecule has 0 aromatic carbocycles. The van der Waals surface area contributed by atoms with Crippen LogP contribution in [0.1, 0.15) is 86.0 Å². The van der Waals surface area contributed by atoms with E-state index in [4.69, 9.17) is 13.9 Å². The van der Waals surface area contributed by atoms with Crippen LogP contribution in [0, 0.1) is 35.0 Å². The molecule has 0 heterocycles. The van der Waals surface area contributed by atoms with Crippen LogP contribution in [0.4, 0.5) is 0 Å². The van der Waals surface area contributed by atoms with Gasteiger partial charge in [0.1, 0.15) is 0 Å². The lowest BCUT2D eigenvalue weighted by Crippen LogP contribution is -2.55. The van der Waals surface area contributed by atoms with E-state index < -0.39 is 14.1 Å². The van der Waals surface area contributed by atoms with E-state index in [9.17, 15) is 5.11 Å². The van der Waals surface area contributed by atoms with Crippen molar-refractivity contribution in [1.29, 1.82) is 0 Å². The Hall–Kier alpha value is -0.203. The number of rotatable bonds is 6. The van der Waals surface area contributed by atoms with Crippen molar-refractivity contribution in [3.8, 4) is 0 Å². The molecule has 7 atom stereocenters. The van der Waals surface area contributed by atoms with Crippen LogP contribution in [0.3, 0.4) is 0 Å². The molecule has 4 aliphatic carbocycles. The molecule has 196 valence electrons. The lowest BCUT2D eigenvalue weighted by Gasteiger charge is -2.58. The smallest absolute Gasteiger partial charge is 0.192 e. The summed E-state index contributed by atoms with van der Waals surface area (Å²) < 4.78 is 18.9. The molecule has 5 heteroatoms. The third kappa shape index (κ3) is 4.29. The number of aliphatic hydroxyl groups is 1. The molecule has 2 fully saturated rings. The summed E-state index contributed by atoms with van der Waals surface area (Å²) in [5.41, 5.74) is 3.53. The first-order chi connectivity index (χ1) is 15.8. The van der Waals surface area contributed by atoms with Gasteiger partial charge in [0.15, 0.2) is 14.1 Å². The van der Waals surface area contributed by atoms with Gasteiger partial charge < -0.3 is 19.0 Å². The molecule has 0 saturated heterocycles. The van der Waals surface area contributed by atoms with Gasteiger partial charge in [-0.25, -0.2) is 0 Å². The van der Waals surface area contributed by atoms with Crippen molar-refractivity contribution in [2.75, 3.05) is 20.8 Å². The van der Waals surface area contributed by atoms with Gasteiger partial charge in [0.25, 0.3) is 0 Å². The van der Waals surface area contributed by atoms with E-state index >= 15 is 0 Å². The largest absolute Gasteiger partial charge is 0.413 e. The van der Waals surface area contributed by atoms with Crippen LogP contribution >= 0.6 is 0 Å². The van der Waals surface area contributed by atoms with E-state index in [1.165, 1.54) is 25.7 Å². The topological polar surface area (TPSA) is 47.9 Å². The van der Waals surface area contributed by atoms with Gasteiger partial charge in [-0.2, -0.15) is 0 Å². The Labute approximate surface area is 210 Å². The summed E-state index contributed by atoms with van der Waals surface area (Å²) in [6.45, 7) is 17.3.